The molecule has 104 valence electrons. The van der Waals surface area contributed by atoms with Crippen molar-refractivity contribution in [1.82, 2.24) is 0 Å². The summed E-state index contributed by atoms with van der Waals surface area (Å²) in [7, 11) is 0. The first-order valence-electron chi connectivity index (χ1n) is 7.71. The van der Waals surface area contributed by atoms with Crippen LogP contribution >= 0.6 is 0 Å². The number of fused-ring (bicyclic) bond motifs is 2. The van der Waals surface area contributed by atoms with Crippen molar-refractivity contribution in [3.05, 3.63) is 60.2 Å². The molecule has 0 aliphatic heterocycles. The van der Waals surface area contributed by atoms with Crippen LogP contribution in [0.4, 0.5) is 0 Å². The lowest BCUT2D eigenvalue weighted by Gasteiger charge is -2.16. The molecule has 0 nitrogen and oxygen atoms in total. The zero-order chi connectivity index (χ0) is 14.5. The molecule has 0 aromatic heterocycles. The Kier molecular flexibility index (Phi) is 4.79. The summed E-state index contributed by atoms with van der Waals surface area (Å²) in [6, 6.07) is 19.8. The van der Waals surface area contributed by atoms with E-state index in [1.54, 1.807) is 0 Å². The van der Waals surface area contributed by atoms with Crippen molar-refractivity contribution in [1.29, 1.82) is 0 Å². The summed E-state index contributed by atoms with van der Waals surface area (Å²) in [5, 5.41) is 5.52. The SMILES string of the molecule is CC.CCC(C)c1c2ccccc2cc2ccccc12. The molecule has 0 bridgehead atoms. The Bertz CT molecular complexity index is 641. The third-order valence-electron chi connectivity index (χ3n) is 3.92. The molecule has 3 aromatic rings. The van der Waals surface area contributed by atoms with Gasteiger partial charge in [-0.15, -0.1) is 0 Å². The lowest BCUT2D eigenvalue weighted by atomic mass is 9.88. The van der Waals surface area contributed by atoms with E-state index in [2.05, 4.69) is 68.4 Å². The van der Waals surface area contributed by atoms with Crippen molar-refractivity contribution < 1.29 is 0 Å². The second-order valence-corrected chi connectivity index (χ2v) is 5.04. The van der Waals surface area contributed by atoms with Gasteiger partial charge in [0.1, 0.15) is 0 Å². The molecule has 0 aliphatic rings. The van der Waals surface area contributed by atoms with Crippen LogP contribution in [0, 0.1) is 0 Å². The second kappa shape index (κ2) is 6.56. The monoisotopic (exact) mass is 264 g/mol. The highest BCUT2D eigenvalue weighted by Gasteiger charge is 2.11. The first-order valence-corrected chi connectivity index (χ1v) is 7.71. The summed E-state index contributed by atoms with van der Waals surface area (Å²) in [5.41, 5.74) is 1.51. The van der Waals surface area contributed by atoms with E-state index in [0.29, 0.717) is 5.92 Å². The van der Waals surface area contributed by atoms with E-state index < -0.39 is 0 Å². The van der Waals surface area contributed by atoms with Crippen molar-refractivity contribution in [3.8, 4) is 0 Å². The molecule has 1 unspecified atom stereocenters. The lowest BCUT2D eigenvalue weighted by molar-refractivity contribution is 0.745. The van der Waals surface area contributed by atoms with E-state index in [0.717, 1.165) is 0 Å². The van der Waals surface area contributed by atoms with Gasteiger partial charge in [-0.1, -0.05) is 76.2 Å². The maximum Gasteiger partial charge on any atom is -0.0143 e. The van der Waals surface area contributed by atoms with Crippen LogP contribution in [-0.2, 0) is 0 Å². The van der Waals surface area contributed by atoms with Crippen molar-refractivity contribution in [2.75, 3.05) is 0 Å². The molecule has 0 spiro atoms. The van der Waals surface area contributed by atoms with Gasteiger partial charge in [0, 0.05) is 0 Å². The van der Waals surface area contributed by atoms with Crippen molar-refractivity contribution in [3.63, 3.8) is 0 Å². The zero-order valence-corrected chi connectivity index (χ0v) is 13.0. The van der Waals surface area contributed by atoms with E-state index in [-0.39, 0.29) is 0 Å². The molecule has 3 aromatic carbocycles. The minimum Gasteiger partial charge on any atom is -0.0683 e. The Morgan fingerprint density at radius 1 is 0.800 bits per heavy atom. The first kappa shape index (κ1) is 14.6. The minimum atomic E-state index is 0.598. The Hall–Kier alpha value is -1.82. The molecule has 0 saturated heterocycles. The van der Waals surface area contributed by atoms with Gasteiger partial charge in [0.25, 0.3) is 0 Å². The largest absolute Gasteiger partial charge is 0.0683 e. The average molecular weight is 264 g/mol. The van der Waals surface area contributed by atoms with E-state index in [4.69, 9.17) is 0 Å². The van der Waals surface area contributed by atoms with Crippen LogP contribution in [0.15, 0.2) is 54.6 Å². The van der Waals surface area contributed by atoms with Crippen LogP contribution in [0.3, 0.4) is 0 Å². The van der Waals surface area contributed by atoms with Gasteiger partial charge < -0.3 is 0 Å². The van der Waals surface area contributed by atoms with E-state index >= 15 is 0 Å². The molecular formula is C20H24. The summed E-state index contributed by atoms with van der Waals surface area (Å²) >= 11 is 0. The number of hydrogen-bond donors (Lipinski definition) is 0. The summed E-state index contributed by atoms with van der Waals surface area (Å²) in [5.74, 6) is 0.598. The average Bonchev–Trinajstić information content (AvgIpc) is 2.53. The molecule has 3 rings (SSSR count). The van der Waals surface area contributed by atoms with Crippen molar-refractivity contribution in [2.45, 2.75) is 40.0 Å². The molecular weight excluding hydrogens is 240 g/mol. The Balaban J connectivity index is 0.000000704. The van der Waals surface area contributed by atoms with Gasteiger partial charge in [-0.3, -0.25) is 0 Å². The summed E-state index contributed by atoms with van der Waals surface area (Å²) in [6.07, 6.45) is 1.18. The van der Waals surface area contributed by atoms with Gasteiger partial charge in [0.15, 0.2) is 0 Å². The van der Waals surface area contributed by atoms with Gasteiger partial charge >= 0.3 is 0 Å². The molecule has 0 saturated carbocycles. The number of benzene rings is 3. The molecule has 0 heteroatoms. The molecule has 1 atom stereocenters. The van der Waals surface area contributed by atoms with Gasteiger partial charge in [-0.25, -0.2) is 0 Å². The minimum absolute atomic E-state index is 0.598. The third-order valence-corrected chi connectivity index (χ3v) is 3.92. The van der Waals surface area contributed by atoms with Crippen LogP contribution in [0.1, 0.15) is 45.6 Å². The topological polar surface area (TPSA) is 0 Å². The highest BCUT2D eigenvalue weighted by atomic mass is 14.2. The fraction of sp³-hybridized carbons (Fsp3) is 0.300. The van der Waals surface area contributed by atoms with Gasteiger partial charge in [-0.2, -0.15) is 0 Å². The van der Waals surface area contributed by atoms with E-state index in [9.17, 15) is 0 Å². The summed E-state index contributed by atoms with van der Waals surface area (Å²) in [6.45, 7) is 8.59. The normalized spacial score (nSPS) is 12.0. The molecule has 0 heterocycles. The molecule has 0 fully saturated rings. The first-order chi connectivity index (χ1) is 9.81. The second-order valence-electron chi connectivity index (χ2n) is 5.04. The molecule has 0 radical (unpaired) electrons. The smallest absolute Gasteiger partial charge is 0.0143 e. The molecule has 0 aliphatic carbocycles. The maximum absolute atomic E-state index is 2.33. The third kappa shape index (κ3) is 2.56. The van der Waals surface area contributed by atoms with Crippen molar-refractivity contribution >= 4 is 21.5 Å². The Morgan fingerprint density at radius 3 is 1.70 bits per heavy atom. The van der Waals surface area contributed by atoms with E-state index in [1.807, 2.05) is 13.8 Å². The van der Waals surface area contributed by atoms with Crippen LogP contribution in [0.25, 0.3) is 21.5 Å². The highest BCUT2D eigenvalue weighted by molar-refractivity contribution is 6.02. The summed E-state index contributed by atoms with van der Waals surface area (Å²) < 4.78 is 0. The molecule has 20 heavy (non-hydrogen) atoms. The van der Waals surface area contributed by atoms with Crippen LogP contribution in [0.2, 0.25) is 0 Å². The predicted octanol–water partition coefficient (Wildman–Crippen LogP) is 6.53. The van der Waals surface area contributed by atoms with Crippen LogP contribution in [0.5, 0.6) is 0 Å². The van der Waals surface area contributed by atoms with Gasteiger partial charge in [-0.05, 0) is 45.5 Å². The summed E-state index contributed by atoms with van der Waals surface area (Å²) in [4.78, 5) is 0. The molecule has 0 amide bonds. The maximum atomic E-state index is 2.33. The van der Waals surface area contributed by atoms with E-state index in [1.165, 1.54) is 33.5 Å². The number of rotatable bonds is 2. The van der Waals surface area contributed by atoms with Gasteiger partial charge in [0.2, 0.25) is 0 Å². The standard InChI is InChI=1S/C18H18.C2H6/c1-3-13(2)18-16-10-6-4-8-14(16)12-15-9-5-7-11-17(15)18;1-2/h4-13H,3H2,1-2H3;1-2H3. The van der Waals surface area contributed by atoms with Crippen LogP contribution < -0.4 is 0 Å². The fourth-order valence-electron chi connectivity index (χ4n) is 2.78. The highest BCUT2D eigenvalue weighted by Crippen LogP contribution is 2.34. The van der Waals surface area contributed by atoms with Crippen LogP contribution in [-0.4, -0.2) is 0 Å². The van der Waals surface area contributed by atoms with Gasteiger partial charge in [0.05, 0.1) is 0 Å². The quantitative estimate of drug-likeness (QED) is 0.461. The zero-order valence-electron chi connectivity index (χ0n) is 13.0. The predicted molar refractivity (Wildman–Crippen MR) is 91.5 cm³/mol. The fourth-order valence-corrected chi connectivity index (χ4v) is 2.78. The molecule has 0 N–H and O–H groups in total. The lowest BCUT2D eigenvalue weighted by Crippen LogP contribution is -1.95. The Morgan fingerprint density at radius 2 is 1.25 bits per heavy atom. The Labute approximate surface area is 122 Å². The number of hydrogen-bond acceptors (Lipinski definition) is 0. The van der Waals surface area contributed by atoms with Crippen molar-refractivity contribution in [2.24, 2.45) is 0 Å².